The molecule has 1 atom stereocenters. The third-order valence-electron chi connectivity index (χ3n) is 3.96. The number of thiophene rings is 1. The number of halogens is 1. The molecule has 6 heteroatoms. The van der Waals surface area contributed by atoms with E-state index in [1.54, 1.807) is 18.4 Å². The highest BCUT2D eigenvalue weighted by Gasteiger charge is 2.12. The Kier molecular flexibility index (Phi) is 6.84. The number of imidazole rings is 1. The van der Waals surface area contributed by atoms with Crippen LogP contribution in [0.25, 0.3) is 0 Å². The molecule has 0 N–H and O–H groups in total. The summed E-state index contributed by atoms with van der Waals surface area (Å²) >= 11 is 9.72. The maximum atomic E-state index is 6.05. The summed E-state index contributed by atoms with van der Waals surface area (Å²) in [6.45, 7) is 0.972. The number of hydrogen-bond acceptors (Lipinski definition) is 4. The van der Waals surface area contributed by atoms with E-state index in [1.165, 1.54) is 10.4 Å². The van der Waals surface area contributed by atoms with Gasteiger partial charge < -0.3 is 9.30 Å². The topological polar surface area (TPSA) is 27.1 Å². The molecular formula is C19H21ClN2OS2. The highest BCUT2D eigenvalue weighted by molar-refractivity contribution is 7.99. The first kappa shape index (κ1) is 18.4. The van der Waals surface area contributed by atoms with Crippen molar-refractivity contribution in [3.63, 3.8) is 0 Å². The minimum Gasteiger partial charge on any atom is -0.497 e. The van der Waals surface area contributed by atoms with Crippen molar-refractivity contribution in [3.05, 3.63) is 69.9 Å². The molecule has 0 saturated heterocycles. The monoisotopic (exact) mass is 392 g/mol. The standard InChI is InChI=1S/C19H21ClN2OS2/c1-23-16-4-2-15(3-5-16)13-24-18(12-22-11-10-21-14-22)7-6-17-8-9-19(20)25-17/h2-5,8-11,14,18H,6-7,12-13H2,1H3. The summed E-state index contributed by atoms with van der Waals surface area (Å²) in [5, 5.41) is 0.525. The van der Waals surface area contributed by atoms with E-state index in [0.717, 1.165) is 35.2 Å². The van der Waals surface area contributed by atoms with Crippen molar-refractivity contribution in [1.29, 1.82) is 0 Å². The van der Waals surface area contributed by atoms with Crippen LogP contribution in [0.15, 0.2) is 55.1 Å². The Morgan fingerprint density at radius 3 is 2.72 bits per heavy atom. The summed E-state index contributed by atoms with van der Waals surface area (Å²) in [5.74, 6) is 1.90. The number of thioether (sulfide) groups is 1. The number of benzene rings is 1. The molecule has 1 aromatic carbocycles. The number of aryl methyl sites for hydroxylation is 1. The maximum Gasteiger partial charge on any atom is 0.118 e. The lowest BCUT2D eigenvalue weighted by Crippen LogP contribution is -2.13. The zero-order valence-corrected chi connectivity index (χ0v) is 16.5. The maximum absolute atomic E-state index is 6.05. The van der Waals surface area contributed by atoms with Gasteiger partial charge in [-0.05, 0) is 42.7 Å². The van der Waals surface area contributed by atoms with E-state index in [-0.39, 0.29) is 0 Å². The number of methoxy groups -OCH3 is 1. The first-order chi connectivity index (χ1) is 12.2. The van der Waals surface area contributed by atoms with Crippen molar-refractivity contribution in [2.45, 2.75) is 30.4 Å². The second kappa shape index (κ2) is 9.32. The van der Waals surface area contributed by atoms with E-state index in [2.05, 4.69) is 27.8 Å². The van der Waals surface area contributed by atoms with Crippen LogP contribution in [0.2, 0.25) is 4.34 Å². The zero-order chi connectivity index (χ0) is 17.5. The Morgan fingerprint density at radius 2 is 2.08 bits per heavy atom. The van der Waals surface area contributed by atoms with Gasteiger partial charge in [0.15, 0.2) is 0 Å². The molecule has 3 rings (SSSR count). The molecular weight excluding hydrogens is 372 g/mol. The minimum absolute atomic E-state index is 0.525. The summed E-state index contributed by atoms with van der Waals surface area (Å²) in [7, 11) is 1.70. The third kappa shape index (κ3) is 5.80. The largest absolute Gasteiger partial charge is 0.497 e. The summed E-state index contributed by atoms with van der Waals surface area (Å²) in [6, 6.07) is 12.4. The minimum atomic E-state index is 0.525. The molecule has 0 aliphatic rings. The van der Waals surface area contributed by atoms with Gasteiger partial charge in [0.2, 0.25) is 0 Å². The van der Waals surface area contributed by atoms with E-state index >= 15 is 0 Å². The molecule has 0 spiro atoms. The fourth-order valence-electron chi connectivity index (χ4n) is 2.58. The summed E-state index contributed by atoms with van der Waals surface area (Å²) < 4.78 is 8.26. The lowest BCUT2D eigenvalue weighted by Gasteiger charge is -2.17. The summed E-state index contributed by atoms with van der Waals surface area (Å²) in [6.07, 6.45) is 7.94. The average molecular weight is 393 g/mol. The SMILES string of the molecule is COc1ccc(CSC(CCc2ccc(Cl)s2)Cn2ccnc2)cc1. The molecule has 2 aromatic heterocycles. The molecule has 0 bridgehead atoms. The smallest absolute Gasteiger partial charge is 0.118 e. The van der Waals surface area contributed by atoms with Gasteiger partial charge in [0.25, 0.3) is 0 Å². The Labute approximate surface area is 162 Å². The first-order valence-corrected chi connectivity index (χ1v) is 10.4. The lowest BCUT2D eigenvalue weighted by molar-refractivity contribution is 0.414. The Balaban J connectivity index is 1.58. The predicted octanol–water partition coefficient (Wildman–Crippen LogP) is 5.54. The molecule has 132 valence electrons. The highest BCUT2D eigenvalue weighted by Crippen LogP contribution is 2.27. The van der Waals surface area contributed by atoms with Crippen LogP contribution in [0.1, 0.15) is 16.9 Å². The molecule has 3 aromatic rings. The highest BCUT2D eigenvalue weighted by atomic mass is 35.5. The van der Waals surface area contributed by atoms with Crippen molar-refractivity contribution >= 4 is 34.7 Å². The van der Waals surface area contributed by atoms with E-state index in [1.807, 2.05) is 48.7 Å². The van der Waals surface area contributed by atoms with Gasteiger partial charge >= 0.3 is 0 Å². The normalized spacial score (nSPS) is 12.2. The zero-order valence-electron chi connectivity index (χ0n) is 14.1. The fourth-order valence-corrected chi connectivity index (χ4v) is 4.87. The average Bonchev–Trinajstić information content (AvgIpc) is 3.29. The van der Waals surface area contributed by atoms with Crippen molar-refractivity contribution in [1.82, 2.24) is 9.55 Å². The molecule has 1 unspecified atom stereocenters. The van der Waals surface area contributed by atoms with Gasteiger partial charge in [0.05, 0.1) is 17.8 Å². The first-order valence-electron chi connectivity index (χ1n) is 8.17. The molecule has 2 heterocycles. The van der Waals surface area contributed by atoms with Gasteiger partial charge in [-0.15, -0.1) is 11.3 Å². The quantitative estimate of drug-likeness (QED) is 0.478. The van der Waals surface area contributed by atoms with Gasteiger partial charge in [-0.25, -0.2) is 4.98 Å². The Bertz CT molecular complexity index is 756. The Morgan fingerprint density at radius 1 is 1.24 bits per heavy atom. The van der Waals surface area contributed by atoms with E-state index in [9.17, 15) is 0 Å². The Hall–Kier alpha value is -1.43. The van der Waals surface area contributed by atoms with Crippen molar-refractivity contribution in [2.24, 2.45) is 0 Å². The summed E-state index contributed by atoms with van der Waals surface area (Å²) in [4.78, 5) is 5.51. The van der Waals surface area contributed by atoms with E-state index < -0.39 is 0 Å². The number of aromatic nitrogens is 2. The molecule has 0 aliphatic heterocycles. The number of ether oxygens (including phenoxy) is 1. The van der Waals surface area contributed by atoms with Crippen LogP contribution >= 0.6 is 34.7 Å². The van der Waals surface area contributed by atoms with Crippen LogP contribution in [0.5, 0.6) is 5.75 Å². The number of rotatable bonds is 9. The number of nitrogens with zero attached hydrogens (tertiary/aromatic N) is 2. The third-order valence-corrected chi connectivity index (χ3v) is 6.61. The van der Waals surface area contributed by atoms with Crippen molar-refractivity contribution in [3.8, 4) is 5.75 Å². The van der Waals surface area contributed by atoms with Crippen LogP contribution in [0.3, 0.4) is 0 Å². The van der Waals surface area contributed by atoms with Crippen LogP contribution in [-0.2, 0) is 18.7 Å². The van der Waals surface area contributed by atoms with Crippen LogP contribution < -0.4 is 4.74 Å². The second-order valence-corrected chi connectivity index (χ2v) is 8.87. The summed E-state index contributed by atoms with van der Waals surface area (Å²) in [5.41, 5.74) is 1.32. The van der Waals surface area contributed by atoms with Crippen molar-refractivity contribution in [2.75, 3.05) is 7.11 Å². The molecule has 0 saturated carbocycles. The second-order valence-electron chi connectivity index (χ2n) is 5.79. The van der Waals surface area contributed by atoms with Crippen LogP contribution in [0, 0.1) is 0 Å². The van der Waals surface area contributed by atoms with Gasteiger partial charge in [-0.2, -0.15) is 11.8 Å². The van der Waals surface area contributed by atoms with E-state index in [4.69, 9.17) is 16.3 Å². The van der Waals surface area contributed by atoms with Gasteiger partial charge in [-0.3, -0.25) is 0 Å². The number of hydrogen-bond donors (Lipinski definition) is 0. The molecule has 0 aliphatic carbocycles. The predicted molar refractivity (Wildman–Crippen MR) is 108 cm³/mol. The van der Waals surface area contributed by atoms with Gasteiger partial charge in [-0.1, -0.05) is 23.7 Å². The van der Waals surface area contributed by atoms with E-state index in [0.29, 0.717) is 5.25 Å². The lowest BCUT2D eigenvalue weighted by atomic mass is 10.2. The van der Waals surface area contributed by atoms with Gasteiger partial charge in [0.1, 0.15) is 5.75 Å². The van der Waals surface area contributed by atoms with Crippen LogP contribution in [-0.4, -0.2) is 21.9 Å². The van der Waals surface area contributed by atoms with Crippen LogP contribution in [0.4, 0.5) is 0 Å². The molecule has 0 fully saturated rings. The van der Waals surface area contributed by atoms with Gasteiger partial charge in [0, 0.05) is 34.8 Å². The molecule has 0 amide bonds. The fraction of sp³-hybridized carbons (Fsp3) is 0.316. The molecule has 3 nitrogen and oxygen atoms in total. The molecule has 0 radical (unpaired) electrons. The molecule has 25 heavy (non-hydrogen) atoms. The van der Waals surface area contributed by atoms with Crippen molar-refractivity contribution < 1.29 is 4.74 Å².